The zero-order chi connectivity index (χ0) is 22.6. The Labute approximate surface area is 186 Å². The molecule has 0 atom stereocenters. The molecule has 1 N–H and O–H groups in total. The van der Waals surface area contributed by atoms with Gasteiger partial charge in [-0.05, 0) is 55.3 Å². The molecule has 0 aliphatic carbocycles. The van der Waals surface area contributed by atoms with Crippen LogP contribution in [0, 0.1) is 0 Å². The SMILES string of the molecule is O=C(COC(=O)c1ccc2c(c1)OCCO2)Nc1ccc(S(=O)(=O)N2CCCCC2)cc1. The summed E-state index contributed by atoms with van der Waals surface area (Å²) in [5.41, 5.74) is 0.650. The number of nitrogens with zero attached hydrogens (tertiary/aromatic N) is 1. The number of piperidine rings is 1. The monoisotopic (exact) mass is 460 g/mol. The van der Waals surface area contributed by atoms with E-state index in [2.05, 4.69) is 5.32 Å². The number of ether oxygens (including phenoxy) is 3. The van der Waals surface area contributed by atoms with Gasteiger partial charge in [-0.3, -0.25) is 4.79 Å². The molecule has 0 bridgehead atoms. The molecule has 2 aromatic rings. The fraction of sp³-hybridized carbons (Fsp3) is 0.364. The summed E-state index contributed by atoms with van der Waals surface area (Å²) < 4.78 is 42.8. The van der Waals surface area contributed by atoms with E-state index in [1.807, 2.05) is 0 Å². The molecule has 1 amide bonds. The van der Waals surface area contributed by atoms with Crippen molar-refractivity contribution in [3.8, 4) is 11.5 Å². The van der Waals surface area contributed by atoms with Crippen molar-refractivity contribution in [1.29, 1.82) is 0 Å². The maximum Gasteiger partial charge on any atom is 0.338 e. The van der Waals surface area contributed by atoms with Crippen molar-refractivity contribution in [2.75, 3.05) is 38.2 Å². The molecule has 0 radical (unpaired) electrons. The maximum atomic E-state index is 12.7. The van der Waals surface area contributed by atoms with E-state index in [-0.39, 0.29) is 10.5 Å². The summed E-state index contributed by atoms with van der Waals surface area (Å²) >= 11 is 0. The second kappa shape index (κ2) is 9.58. The Kier molecular flexibility index (Phi) is 6.61. The molecule has 10 heteroatoms. The smallest absolute Gasteiger partial charge is 0.338 e. The quantitative estimate of drug-likeness (QED) is 0.659. The minimum absolute atomic E-state index is 0.183. The number of carbonyl (C=O) groups is 2. The van der Waals surface area contributed by atoms with Gasteiger partial charge in [-0.15, -0.1) is 0 Å². The van der Waals surface area contributed by atoms with Crippen LogP contribution in [0.15, 0.2) is 47.4 Å². The molecule has 9 nitrogen and oxygen atoms in total. The van der Waals surface area contributed by atoms with Gasteiger partial charge in [-0.25, -0.2) is 13.2 Å². The highest BCUT2D eigenvalue weighted by Gasteiger charge is 2.25. The molecule has 0 unspecified atom stereocenters. The summed E-state index contributed by atoms with van der Waals surface area (Å²) in [6.45, 7) is 1.40. The fourth-order valence-corrected chi connectivity index (χ4v) is 5.06. The van der Waals surface area contributed by atoms with E-state index in [4.69, 9.17) is 14.2 Å². The van der Waals surface area contributed by atoms with Gasteiger partial charge in [0.25, 0.3) is 5.91 Å². The Morgan fingerprint density at radius 1 is 0.938 bits per heavy atom. The number of hydrogen-bond donors (Lipinski definition) is 1. The molecule has 0 spiro atoms. The van der Waals surface area contributed by atoms with Crippen molar-refractivity contribution in [3.63, 3.8) is 0 Å². The standard InChI is InChI=1S/C22H24N2O7S/c25-21(15-31-22(26)16-4-9-19-20(14-16)30-13-12-29-19)23-17-5-7-18(8-6-17)32(27,28)24-10-2-1-3-11-24/h4-9,14H,1-3,10-13,15H2,(H,23,25). The van der Waals surface area contributed by atoms with Crippen molar-refractivity contribution in [2.45, 2.75) is 24.2 Å². The molecule has 0 saturated carbocycles. The van der Waals surface area contributed by atoms with Crippen molar-refractivity contribution in [3.05, 3.63) is 48.0 Å². The molecule has 170 valence electrons. The number of esters is 1. The van der Waals surface area contributed by atoms with E-state index in [1.54, 1.807) is 6.07 Å². The Morgan fingerprint density at radius 2 is 1.62 bits per heavy atom. The van der Waals surface area contributed by atoms with Crippen LogP contribution in [0.2, 0.25) is 0 Å². The van der Waals surface area contributed by atoms with Gasteiger partial charge in [0.1, 0.15) is 13.2 Å². The first-order valence-electron chi connectivity index (χ1n) is 10.4. The Morgan fingerprint density at radius 3 is 2.34 bits per heavy atom. The van der Waals surface area contributed by atoms with Crippen molar-refractivity contribution in [1.82, 2.24) is 4.31 Å². The van der Waals surface area contributed by atoms with E-state index < -0.39 is 28.5 Å². The summed E-state index contributed by atoms with van der Waals surface area (Å²) in [4.78, 5) is 24.6. The lowest BCUT2D eigenvalue weighted by Crippen LogP contribution is -2.35. The molecule has 2 aliphatic rings. The summed E-state index contributed by atoms with van der Waals surface area (Å²) in [7, 11) is -3.53. The third-order valence-electron chi connectivity index (χ3n) is 5.20. The molecule has 1 fully saturated rings. The van der Waals surface area contributed by atoms with E-state index in [0.717, 1.165) is 19.3 Å². The number of sulfonamides is 1. The van der Waals surface area contributed by atoms with Crippen LogP contribution in [0.5, 0.6) is 11.5 Å². The predicted molar refractivity (Wildman–Crippen MR) is 115 cm³/mol. The summed E-state index contributed by atoms with van der Waals surface area (Å²) in [5, 5.41) is 2.59. The number of fused-ring (bicyclic) bond motifs is 1. The first kappa shape index (κ1) is 22.1. The van der Waals surface area contributed by atoms with Crippen LogP contribution in [0.3, 0.4) is 0 Å². The van der Waals surface area contributed by atoms with Gasteiger partial charge < -0.3 is 19.5 Å². The van der Waals surface area contributed by atoms with E-state index >= 15 is 0 Å². The number of anilines is 1. The first-order valence-corrected chi connectivity index (χ1v) is 11.8. The Bertz CT molecular complexity index is 1090. The molecule has 1 saturated heterocycles. The first-order chi connectivity index (χ1) is 15.4. The second-order valence-corrected chi connectivity index (χ2v) is 9.41. The zero-order valence-electron chi connectivity index (χ0n) is 17.4. The van der Waals surface area contributed by atoms with Gasteiger partial charge >= 0.3 is 5.97 Å². The van der Waals surface area contributed by atoms with Crippen molar-refractivity contribution >= 4 is 27.6 Å². The van der Waals surface area contributed by atoms with Crippen molar-refractivity contribution in [2.24, 2.45) is 0 Å². The minimum atomic E-state index is -3.53. The number of benzene rings is 2. The van der Waals surface area contributed by atoms with Crippen LogP contribution in [0.1, 0.15) is 29.6 Å². The van der Waals surface area contributed by atoms with Crippen LogP contribution in [-0.2, 0) is 19.6 Å². The molecule has 0 aromatic heterocycles. The van der Waals surface area contributed by atoms with Gasteiger partial charge in [-0.2, -0.15) is 4.31 Å². The van der Waals surface area contributed by atoms with Gasteiger partial charge in [0.2, 0.25) is 10.0 Å². The van der Waals surface area contributed by atoms with Crippen LogP contribution >= 0.6 is 0 Å². The second-order valence-electron chi connectivity index (χ2n) is 7.47. The highest BCUT2D eigenvalue weighted by molar-refractivity contribution is 7.89. The van der Waals surface area contributed by atoms with Gasteiger partial charge in [0.15, 0.2) is 18.1 Å². The average Bonchev–Trinajstić information content (AvgIpc) is 2.83. The molecule has 2 aliphatic heterocycles. The van der Waals surface area contributed by atoms with Gasteiger partial charge in [0.05, 0.1) is 10.5 Å². The van der Waals surface area contributed by atoms with Gasteiger partial charge in [0, 0.05) is 18.8 Å². The third-order valence-corrected chi connectivity index (χ3v) is 7.12. The molecule has 2 aromatic carbocycles. The number of rotatable bonds is 6. The number of amides is 1. The topological polar surface area (TPSA) is 111 Å². The lowest BCUT2D eigenvalue weighted by atomic mass is 10.2. The molecule has 2 heterocycles. The number of hydrogen-bond acceptors (Lipinski definition) is 7. The highest BCUT2D eigenvalue weighted by atomic mass is 32.2. The lowest BCUT2D eigenvalue weighted by molar-refractivity contribution is -0.119. The van der Waals surface area contributed by atoms with Crippen LogP contribution < -0.4 is 14.8 Å². The summed E-state index contributed by atoms with van der Waals surface area (Å²) in [6, 6.07) is 10.6. The van der Waals surface area contributed by atoms with Crippen LogP contribution in [0.25, 0.3) is 0 Å². The summed E-state index contributed by atoms with van der Waals surface area (Å²) in [5.74, 6) is -0.200. The van der Waals surface area contributed by atoms with E-state index in [0.29, 0.717) is 43.5 Å². The van der Waals surface area contributed by atoms with E-state index in [1.165, 1.54) is 40.7 Å². The Balaban J connectivity index is 1.31. The maximum absolute atomic E-state index is 12.7. The number of carbonyl (C=O) groups excluding carboxylic acids is 2. The fourth-order valence-electron chi connectivity index (χ4n) is 3.55. The molecule has 32 heavy (non-hydrogen) atoms. The highest BCUT2D eigenvalue weighted by Crippen LogP contribution is 2.31. The van der Waals surface area contributed by atoms with Crippen LogP contribution in [0.4, 0.5) is 5.69 Å². The van der Waals surface area contributed by atoms with E-state index in [9.17, 15) is 18.0 Å². The third kappa shape index (κ3) is 5.03. The van der Waals surface area contributed by atoms with Crippen LogP contribution in [-0.4, -0.2) is 57.5 Å². The number of nitrogens with one attached hydrogen (secondary N) is 1. The molecule has 4 rings (SSSR count). The largest absolute Gasteiger partial charge is 0.486 e. The average molecular weight is 461 g/mol. The molecular formula is C22H24N2O7S. The predicted octanol–water partition coefficient (Wildman–Crippen LogP) is 2.43. The lowest BCUT2D eigenvalue weighted by Gasteiger charge is -2.25. The Hall–Kier alpha value is -3.11. The van der Waals surface area contributed by atoms with Crippen molar-refractivity contribution < 1.29 is 32.2 Å². The molecular weight excluding hydrogens is 436 g/mol. The normalized spacial score (nSPS) is 16.2. The minimum Gasteiger partial charge on any atom is -0.486 e. The zero-order valence-corrected chi connectivity index (χ0v) is 18.2. The summed E-state index contributed by atoms with van der Waals surface area (Å²) in [6.07, 6.45) is 2.76. The van der Waals surface area contributed by atoms with Gasteiger partial charge in [-0.1, -0.05) is 6.42 Å².